The number of rotatable bonds is 3. The maximum absolute atomic E-state index is 13.0. The molecule has 2 N–H and O–H groups in total. The minimum atomic E-state index is 0. The predicted octanol–water partition coefficient (Wildman–Crippen LogP) is 2.16. The molecular weight excluding hydrogens is 373 g/mol. The molecule has 0 aromatic carbocycles. The van der Waals surface area contributed by atoms with Gasteiger partial charge in [-0.15, -0.1) is 24.8 Å². The molecule has 2 heterocycles. The quantitative estimate of drug-likeness (QED) is 0.778. The number of hydrogen-bond donors (Lipinski definition) is 1. The largest absolute Gasteiger partial charge is 0.381 e. The Hall–Kier alpha value is -0.0700. The van der Waals surface area contributed by atoms with Gasteiger partial charge < -0.3 is 15.4 Å². The Morgan fingerprint density at radius 2 is 1.65 bits per heavy atom. The summed E-state index contributed by atoms with van der Waals surface area (Å²) in [7, 11) is 0. The van der Waals surface area contributed by atoms with Crippen molar-refractivity contribution in [2.45, 2.75) is 44.6 Å². The zero-order valence-corrected chi connectivity index (χ0v) is 17.3. The Kier molecular flexibility index (Phi) is 8.48. The number of amides is 1. The standard InChI is InChI=1S/C19H33N3O2.2ClH/c20-18-15-2-1-3-16(18)11-17(10-15)19(23)22-7-5-21(6-8-22)12-14-4-9-24-13-14;;/h14-18H,1-13,20H2;2*1H. The van der Waals surface area contributed by atoms with Crippen LogP contribution in [0.5, 0.6) is 0 Å². The topological polar surface area (TPSA) is 58.8 Å². The van der Waals surface area contributed by atoms with Crippen LogP contribution in [0.1, 0.15) is 38.5 Å². The molecule has 0 radical (unpaired) electrons. The van der Waals surface area contributed by atoms with E-state index >= 15 is 0 Å². The number of nitrogens with zero attached hydrogens (tertiary/aromatic N) is 2. The summed E-state index contributed by atoms with van der Waals surface area (Å²) in [6, 6.07) is 0.355. The van der Waals surface area contributed by atoms with Crippen LogP contribution in [0.2, 0.25) is 0 Å². The first-order valence-corrected chi connectivity index (χ1v) is 10.0. The summed E-state index contributed by atoms with van der Waals surface area (Å²) in [4.78, 5) is 17.6. The molecule has 2 aliphatic heterocycles. The molecule has 2 saturated carbocycles. The van der Waals surface area contributed by atoms with E-state index in [0.29, 0.717) is 29.7 Å². The molecule has 3 atom stereocenters. The number of ether oxygens (including phenoxy) is 1. The van der Waals surface area contributed by atoms with Gasteiger partial charge >= 0.3 is 0 Å². The maximum atomic E-state index is 13.0. The van der Waals surface area contributed by atoms with Crippen LogP contribution in [-0.4, -0.2) is 67.7 Å². The molecule has 4 aliphatic rings. The Balaban J connectivity index is 0.00000121. The van der Waals surface area contributed by atoms with Gasteiger partial charge in [-0.3, -0.25) is 9.69 Å². The second-order valence-corrected chi connectivity index (χ2v) is 8.55. The number of piperazine rings is 1. The van der Waals surface area contributed by atoms with E-state index < -0.39 is 0 Å². The lowest BCUT2D eigenvalue weighted by atomic mass is 9.65. The molecule has 26 heavy (non-hydrogen) atoms. The van der Waals surface area contributed by atoms with Crippen LogP contribution < -0.4 is 5.73 Å². The first-order chi connectivity index (χ1) is 11.7. The van der Waals surface area contributed by atoms with Gasteiger partial charge in [0.2, 0.25) is 5.91 Å². The molecule has 4 fully saturated rings. The molecule has 152 valence electrons. The highest BCUT2D eigenvalue weighted by molar-refractivity contribution is 5.85. The van der Waals surface area contributed by atoms with Gasteiger partial charge in [-0.1, -0.05) is 6.42 Å². The van der Waals surface area contributed by atoms with Crippen molar-refractivity contribution in [1.29, 1.82) is 0 Å². The van der Waals surface area contributed by atoms with Crippen LogP contribution in [0.4, 0.5) is 0 Å². The number of nitrogens with two attached hydrogens (primary N) is 1. The van der Waals surface area contributed by atoms with Crippen LogP contribution in [0.15, 0.2) is 0 Å². The van der Waals surface area contributed by atoms with Gasteiger partial charge in [-0.05, 0) is 49.9 Å². The third-order valence-corrected chi connectivity index (χ3v) is 6.99. The number of carbonyl (C=O) groups excluding carboxylic acids is 1. The third kappa shape index (κ3) is 4.85. The predicted molar refractivity (Wildman–Crippen MR) is 108 cm³/mol. The molecule has 7 heteroatoms. The van der Waals surface area contributed by atoms with Crippen LogP contribution in [0.25, 0.3) is 0 Å². The van der Waals surface area contributed by atoms with E-state index in [9.17, 15) is 4.79 Å². The summed E-state index contributed by atoms with van der Waals surface area (Å²) in [5, 5.41) is 0. The first kappa shape index (κ1) is 22.2. The third-order valence-electron chi connectivity index (χ3n) is 6.99. The lowest BCUT2D eigenvalue weighted by molar-refractivity contribution is -0.140. The highest BCUT2D eigenvalue weighted by Crippen LogP contribution is 2.42. The zero-order chi connectivity index (χ0) is 16.5. The minimum absolute atomic E-state index is 0. The molecule has 2 bridgehead atoms. The van der Waals surface area contributed by atoms with Gasteiger partial charge in [-0.2, -0.15) is 0 Å². The van der Waals surface area contributed by atoms with Gasteiger partial charge in [0.05, 0.1) is 6.61 Å². The summed E-state index contributed by atoms with van der Waals surface area (Å²) in [5.41, 5.74) is 6.38. The fraction of sp³-hybridized carbons (Fsp3) is 0.947. The van der Waals surface area contributed by atoms with Crippen LogP contribution in [-0.2, 0) is 9.53 Å². The van der Waals surface area contributed by atoms with Crippen LogP contribution in [0, 0.1) is 23.7 Å². The van der Waals surface area contributed by atoms with Gasteiger partial charge in [0.15, 0.2) is 0 Å². The Labute approximate surface area is 170 Å². The summed E-state index contributed by atoms with van der Waals surface area (Å²) >= 11 is 0. The van der Waals surface area contributed by atoms with E-state index in [-0.39, 0.29) is 30.7 Å². The number of carbonyl (C=O) groups is 1. The molecule has 2 saturated heterocycles. The second kappa shape index (κ2) is 9.92. The summed E-state index contributed by atoms with van der Waals surface area (Å²) in [6.07, 6.45) is 7.06. The van der Waals surface area contributed by atoms with Gasteiger partial charge in [-0.25, -0.2) is 0 Å². The second-order valence-electron chi connectivity index (χ2n) is 8.55. The smallest absolute Gasteiger partial charge is 0.225 e. The van der Waals surface area contributed by atoms with Crippen molar-refractivity contribution >= 4 is 30.7 Å². The van der Waals surface area contributed by atoms with Gasteiger partial charge in [0, 0.05) is 51.3 Å². The molecule has 3 unspecified atom stereocenters. The monoisotopic (exact) mass is 407 g/mol. The van der Waals surface area contributed by atoms with E-state index in [1.165, 1.54) is 25.7 Å². The lowest BCUT2D eigenvalue weighted by Crippen LogP contribution is -2.54. The van der Waals surface area contributed by atoms with Gasteiger partial charge in [0.1, 0.15) is 0 Å². The van der Waals surface area contributed by atoms with E-state index in [1.54, 1.807) is 0 Å². The average molecular weight is 408 g/mol. The van der Waals surface area contributed by atoms with Crippen molar-refractivity contribution in [1.82, 2.24) is 9.80 Å². The zero-order valence-electron chi connectivity index (χ0n) is 15.7. The van der Waals surface area contributed by atoms with Crippen molar-refractivity contribution in [3.63, 3.8) is 0 Å². The molecule has 4 rings (SSSR count). The van der Waals surface area contributed by atoms with E-state index in [0.717, 1.165) is 58.8 Å². The van der Waals surface area contributed by atoms with Crippen LogP contribution >= 0.6 is 24.8 Å². The van der Waals surface area contributed by atoms with E-state index in [1.807, 2.05) is 0 Å². The molecule has 1 amide bonds. The van der Waals surface area contributed by atoms with Crippen molar-refractivity contribution < 1.29 is 9.53 Å². The number of fused-ring (bicyclic) bond motifs is 2. The molecule has 2 aliphatic carbocycles. The average Bonchev–Trinajstić information content (AvgIpc) is 3.08. The Morgan fingerprint density at radius 3 is 2.23 bits per heavy atom. The molecular formula is C19H35Cl2N3O2. The first-order valence-electron chi connectivity index (χ1n) is 10.0. The van der Waals surface area contributed by atoms with Crippen molar-refractivity contribution in [3.05, 3.63) is 0 Å². The Morgan fingerprint density at radius 1 is 1.00 bits per heavy atom. The number of hydrogen-bond acceptors (Lipinski definition) is 4. The molecule has 0 spiro atoms. The maximum Gasteiger partial charge on any atom is 0.225 e. The summed E-state index contributed by atoms with van der Waals surface area (Å²) in [6.45, 7) is 6.86. The highest BCUT2D eigenvalue weighted by atomic mass is 35.5. The fourth-order valence-electron chi connectivity index (χ4n) is 5.49. The SMILES string of the molecule is Cl.Cl.NC1C2CCCC1CC(C(=O)N1CCN(CC3CCOC3)CC1)C2. The van der Waals surface area contributed by atoms with E-state index in [2.05, 4.69) is 9.80 Å². The van der Waals surface area contributed by atoms with E-state index in [4.69, 9.17) is 10.5 Å². The van der Waals surface area contributed by atoms with Crippen LogP contribution in [0.3, 0.4) is 0 Å². The molecule has 0 aromatic rings. The summed E-state index contributed by atoms with van der Waals surface area (Å²) in [5.74, 6) is 2.55. The summed E-state index contributed by atoms with van der Waals surface area (Å²) < 4.78 is 5.48. The molecule has 0 aromatic heterocycles. The normalized spacial score (nSPS) is 37.6. The van der Waals surface area contributed by atoms with Crippen molar-refractivity contribution in [2.24, 2.45) is 29.4 Å². The highest BCUT2D eigenvalue weighted by Gasteiger charge is 2.41. The molecule has 5 nitrogen and oxygen atoms in total. The Bertz CT molecular complexity index is 440. The van der Waals surface area contributed by atoms with Crippen molar-refractivity contribution in [3.8, 4) is 0 Å². The lowest BCUT2D eigenvalue weighted by Gasteiger charge is -2.45. The van der Waals surface area contributed by atoms with Gasteiger partial charge in [0.25, 0.3) is 0 Å². The van der Waals surface area contributed by atoms with Crippen molar-refractivity contribution in [2.75, 3.05) is 45.9 Å². The number of halogens is 2. The minimum Gasteiger partial charge on any atom is -0.381 e. The fourth-order valence-corrected chi connectivity index (χ4v) is 5.49.